The van der Waals surface area contributed by atoms with Crippen LogP contribution in [0.25, 0.3) is 0 Å². The van der Waals surface area contributed by atoms with Gasteiger partial charge in [-0.2, -0.15) is 0 Å². The van der Waals surface area contributed by atoms with Crippen molar-refractivity contribution in [1.82, 2.24) is 5.32 Å². The molecule has 0 rings (SSSR count). The third-order valence-corrected chi connectivity index (χ3v) is 1.89. The van der Waals surface area contributed by atoms with Gasteiger partial charge in [0.25, 0.3) is 0 Å². The maximum atomic E-state index is 11.4. The Kier molecular flexibility index (Phi) is 6.72. The smallest absolute Gasteiger partial charge is 0.305 e. The second kappa shape index (κ2) is 7.22. The molecule has 94 valence electrons. The molecule has 0 heterocycles. The zero-order chi connectivity index (χ0) is 12.6. The first-order valence-corrected chi connectivity index (χ1v) is 5.48. The van der Waals surface area contributed by atoms with Gasteiger partial charge >= 0.3 is 5.97 Å². The van der Waals surface area contributed by atoms with Crippen molar-refractivity contribution in [3.05, 3.63) is 0 Å². The Hall–Kier alpha value is -1.10. The summed E-state index contributed by atoms with van der Waals surface area (Å²) in [4.78, 5) is 21.9. The Morgan fingerprint density at radius 3 is 2.44 bits per heavy atom. The number of hydrogen-bond donors (Lipinski definition) is 2. The van der Waals surface area contributed by atoms with Crippen LogP contribution in [0.2, 0.25) is 0 Å². The number of amides is 1. The SMILES string of the molecule is CCCOCCC(=O)NC(C)(C)CC(=O)O. The fraction of sp³-hybridized carbons (Fsp3) is 0.818. The molecule has 0 fully saturated rings. The van der Waals surface area contributed by atoms with E-state index in [-0.39, 0.29) is 18.7 Å². The van der Waals surface area contributed by atoms with Gasteiger partial charge in [-0.1, -0.05) is 6.92 Å². The molecule has 0 unspecified atom stereocenters. The molecular weight excluding hydrogens is 210 g/mol. The Balaban J connectivity index is 3.80. The lowest BCUT2D eigenvalue weighted by atomic mass is 10.0. The molecule has 0 aromatic rings. The van der Waals surface area contributed by atoms with Gasteiger partial charge in [0.2, 0.25) is 5.91 Å². The minimum atomic E-state index is -0.924. The zero-order valence-corrected chi connectivity index (χ0v) is 10.2. The van der Waals surface area contributed by atoms with E-state index in [1.54, 1.807) is 13.8 Å². The molecule has 0 saturated carbocycles. The fourth-order valence-corrected chi connectivity index (χ4v) is 1.27. The standard InChI is InChI=1S/C11H21NO4/c1-4-6-16-7-5-9(13)12-11(2,3)8-10(14)15/h4-8H2,1-3H3,(H,12,13)(H,14,15). The maximum absolute atomic E-state index is 11.4. The van der Waals surface area contributed by atoms with Crippen molar-refractivity contribution in [3.63, 3.8) is 0 Å². The van der Waals surface area contributed by atoms with Crippen LogP contribution in [-0.4, -0.2) is 35.7 Å². The predicted molar refractivity (Wildman–Crippen MR) is 60.2 cm³/mol. The first kappa shape index (κ1) is 14.9. The Morgan fingerprint density at radius 2 is 1.94 bits per heavy atom. The van der Waals surface area contributed by atoms with E-state index in [1.807, 2.05) is 6.92 Å². The van der Waals surface area contributed by atoms with E-state index in [9.17, 15) is 9.59 Å². The van der Waals surface area contributed by atoms with Crippen molar-refractivity contribution in [3.8, 4) is 0 Å². The number of hydrogen-bond acceptors (Lipinski definition) is 3. The third-order valence-electron chi connectivity index (χ3n) is 1.89. The Morgan fingerprint density at radius 1 is 1.31 bits per heavy atom. The van der Waals surface area contributed by atoms with Crippen LogP contribution in [0.3, 0.4) is 0 Å². The monoisotopic (exact) mass is 231 g/mol. The van der Waals surface area contributed by atoms with E-state index in [0.29, 0.717) is 13.2 Å². The number of carbonyl (C=O) groups is 2. The highest BCUT2D eigenvalue weighted by atomic mass is 16.5. The molecule has 0 aliphatic heterocycles. The molecule has 5 heteroatoms. The summed E-state index contributed by atoms with van der Waals surface area (Å²) in [6.45, 7) is 6.39. The topological polar surface area (TPSA) is 75.6 Å². The van der Waals surface area contributed by atoms with Gasteiger partial charge in [-0.25, -0.2) is 0 Å². The first-order valence-electron chi connectivity index (χ1n) is 5.48. The van der Waals surface area contributed by atoms with E-state index in [4.69, 9.17) is 9.84 Å². The van der Waals surface area contributed by atoms with E-state index in [2.05, 4.69) is 5.32 Å². The Bertz CT molecular complexity index is 238. The second-order valence-corrected chi connectivity index (χ2v) is 4.36. The highest BCUT2D eigenvalue weighted by Gasteiger charge is 2.23. The van der Waals surface area contributed by atoms with Crippen LogP contribution in [0, 0.1) is 0 Å². The molecule has 0 aromatic heterocycles. The molecule has 1 amide bonds. The van der Waals surface area contributed by atoms with Gasteiger partial charge < -0.3 is 15.2 Å². The number of carboxylic acid groups (broad SMARTS) is 1. The van der Waals surface area contributed by atoms with Gasteiger partial charge in [-0.3, -0.25) is 9.59 Å². The molecule has 0 spiro atoms. The molecule has 5 nitrogen and oxygen atoms in total. The molecule has 16 heavy (non-hydrogen) atoms. The van der Waals surface area contributed by atoms with Crippen LogP contribution in [-0.2, 0) is 14.3 Å². The van der Waals surface area contributed by atoms with Gasteiger partial charge in [-0.05, 0) is 20.3 Å². The fourth-order valence-electron chi connectivity index (χ4n) is 1.27. The summed E-state index contributed by atoms with van der Waals surface area (Å²) in [6.07, 6.45) is 1.10. The number of aliphatic carboxylic acids is 1. The number of carboxylic acids is 1. The second-order valence-electron chi connectivity index (χ2n) is 4.36. The van der Waals surface area contributed by atoms with E-state index in [1.165, 1.54) is 0 Å². The quantitative estimate of drug-likeness (QED) is 0.615. The summed E-state index contributed by atoms with van der Waals surface area (Å²) in [5, 5.41) is 11.3. The highest BCUT2D eigenvalue weighted by molar-refractivity contribution is 5.78. The zero-order valence-electron chi connectivity index (χ0n) is 10.2. The van der Waals surface area contributed by atoms with Crippen molar-refractivity contribution in [2.24, 2.45) is 0 Å². The minimum Gasteiger partial charge on any atom is -0.481 e. The van der Waals surface area contributed by atoms with Crippen LogP contribution in [0.1, 0.15) is 40.0 Å². The van der Waals surface area contributed by atoms with Crippen molar-refractivity contribution < 1.29 is 19.4 Å². The first-order chi connectivity index (χ1) is 7.37. The van der Waals surface area contributed by atoms with E-state index >= 15 is 0 Å². The lowest BCUT2D eigenvalue weighted by molar-refractivity contribution is -0.138. The van der Waals surface area contributed by atoms with Crippen LogP contribution in [0.5, 0.6) is 0 Å². The van der Waals surface area contributed by atoms with Gasteiger partial charge in [0.1, 0.15) is 0 Å². The van der Waals surface area contributed by atoms with Crippen molar-refractivity contribution >= 4 is 11.9 Å². The number of carbonyl (C=O) groups excluding carboxylic acids is 1. The Labute approximate surface area is 96.2 Å². The highest BCUT2D eigenvalue weighted by Crippen LogP contribution is 2.08. The normalized spacial score (nSPS) is 11.2. The maximum Gasteiger partial charge on any atom is 0.305 e. The van der Waals surface area contributed by atoms with Crippen LogP contribution < -0.4 is 5.32 Å². The average Bonchev–Trinajstić information content (AvgIpc) is 2.09. The molecule has 0 bridgehead atoms. The lowest BCUT2D eigenvalue weighted by Crippen LogP contribution is -2.45. The summed E-state index contributed by atoms with van der Waals surface area (Å²) in [5.74, 6) is -1.10. The lowest BCUT2D eigenvalue weighted by Gasteiger charge is -2.24. The molecule has 0 saturated heterocycles. The summed E-state index contributed by atoms with van der Waals surface area (Å²) in [6, 6.07) is 0. The van der Waals surface area contributed by atoms with Gasteiger partial charge in [0, 0.05) is 18.6 Å². The molecule has 0 aliphatic rings. The largest absolute Gasteiger partial charge is 0.481 e. The van der Waals surface area contributed by atoms with Crippen molar-refractivity contribution in [2.45, 2.75) is 45.6 Å². The van der Waals surface area contributed by atoms with E-state index < -0.39 is 11.5 Å². The minimum absolute atomic E-state index is 0.0887. The van der Waals surface area contributed by atoms with Crippen LogP contribution >= 0.6 is 0 Å². The van der Waals surface area contributed by atoms with Gasteiger partial charge in [0.05, 0.1) is 13.0 Å². The summed E-state index contributed by atoms with van der Waals surface area (Å²) >= 11 is 0. The summed E-state index contributed by atoms with van der Waals surface area (Å²) < 4.78 is 5.17. The number of ether oxygens (including phenoxy) is 1. The van der Waals surface area contributed by atoms with Crippen molar-refractivity contribution in [1.29, 1.82) is 0 Å². The van der Waals surface area contributed by atoms with Crippen molar-refractivity contribution in [2.75, 3.05) is 13.2 Å². The predicted octanol–water partition coefficient (Wildman–Crippen LogP) is 1.17. The molecule has 2 N–H and O–H groups in total. The van der Waals surface area contributed by atoms with Gasteiger partial charge in [0.15, 0.2) is 0 Å². The van der Waals surface area contributed by atoms with Crippen LogP contribution in [0.4, 0.5) is 0 Å². The van der Waals surface area contributed by atoms with E-state index in [0.717, 1.165) is 6.42 Å². The third kappa shape index (κ3) is 8.23. The van der Waals surface area contributed by atoms with Gasteiger partial charge in [-0.15, -0.1) is 0 Å². The average molecular weight is 231 g/mol. The summed E-state index contributed by atoms with van der Waals surface area (Å²) in [5.41, 5.74) is -0.715. The summed E-state index contributed by atoms with van der Waals surface area (Å²) in [7, 11) is 0. The molecular formula is C11H21NO4. The molecule has 0 radical (unpaired) electrons. The van der Waals surface area contributed by atoms with Crippen LogP contribution in [0.15, 0.2) is 0 Å². The number of rotatable bonds is 8. The number of nitrogens with one attached hydrogen (secondary N) is 1. The molecule has 0 atom stereocenters. The molecule has 0 aromatic carbocycles. The molecule has 0 aliphatic carbocycles.